The first-order valence-corrected chi connectivity index (χ1v) is 5.81. The van der Waals surface area contributed by atoms with E-state index in [0.29, 0.717) is 25.7 Å². The highest BCUT2D eigenvalue weighted by Crippen LogP contribution is 1.90. The van der Waals surface area contributed by atoms with E-state index in [0.717, 1.165) is 0 Å². The zero-order valence-corrected chi connectivity index (χ0v) is 10.5. The van der Waals surface area contributed by atoms with Crippen LogP contribution < -0.4 is 10.6 Å². The Kier molecular flexibility index (Phi) is 8.94. The third-order valence-corrected chi connectivity index (χ3v) is 1.75. The lowest BCUT2D eigenvalue weighted by atomic mass is 10.2. The van der Waals surface area contributed by atoms with Gasteiger partial charge in [-0.1, -0.05) is 13.8 Å². The number of rotatable bonds is 7. The molecule has 0 rings (SSSR count). The van der Waals surface area contributed by atoms with Crippen LogP contribution in [-0.4, -0.2) is 37.6 Å². The van der Waals surface area contributed by atoms with E-state index in [1.165, 1.54) is 0 Å². The van der Waals surface area contributed by atoms with Gasteiger partial charge in [-0.25, -0.2) is 4.79 Å². The third kappa shape index (κ3) is 9.73. The van der Waals surface area contributed by atoms with Gasteiger partial charge in [0.2, 0.25) is 5.91 Å². The molecule has 0 bridgehead atoms. The monoisotopic (exact) mass is 250 g/mol. The van der Waals surface area contributed by atoms with E-state index < -0.39 is 6.03 Å². The number of halogens is 1. The minimum Gasteiger partial charge on any atom is -0.379 e. The minimum absolute atomic E-state index is 0.138. The summed E-state index contributed by atoms with van der Waals surface area (Å²) in [6.07, 6.45) is 0.138. The highest BCUT2D eigenvalue weighted by atomic mass is 35.5. The molecule has 3 amide bonds. The molecule has 5 nitrogen and oxygen atoms in total. The second kappa shape index (κ2) is 9.42. The van der Waals surface area contributed by atoms with E-state index in [4.69, 9.17) is 16.3 Å². The molecule has 0 atom stereocenters. The molecule has 0 fully saturated rings. The van der Waals surface area contributed by atoms with E-state index in [1.807, 2.05) is 13.8 Å². The van der Waals surface area contributed by atoms with Crippen LogP contribution >= 0.6 is 11.6 Å². The molecule has 0 radical (unpaired) electrons. The summed E-state index contributed by atoms with van der Waals surface area (Å²) in [5.74, 6) is 0.297. The van der Waals surface area contributed by atoms with Gasteiger partial charge < -0.3 is 10.1 Å². The lowest BCUT2D eigenvalue weighted by Gasteiger charge is -2.08. The predicted molar refractivity (Wildman–Crippen MR) is 62.5 cm³/mol. The molecule has 0 saturated heterocycles. The summed E-state index contributed by atoms with van der Waals surface area (Å²) >= 11 is 5.34. The van der Waals surface area contributed by atoms with Crippen molar-refractivity contribution >= 4 is 23.5 Å². The fourth-order valence-corrected chi connectivity index (χ4v) is 1.05. The topological polar surface area (TPSA) is 67.4 Å². The first-order valence-electron chi connectivity index (χ1n) is 5.27. The van der Waals surface area contributed by atoms with Crippen molar-refractivity contribution in [3.8, 4) is 0 Å². The number of alkyl halides is 1. The van der Waals surface area contributed by atoms with Crippen LogP contribution in [-0.2, 0) is 9.53 Å². The molecule has 94 valence electrons. The van der Waals surface area contributed by atoms with Crippen LogP contribution in [0.2, 0.25) is 0 Å². The zero-order chi connectivity index (χ0) is 12.4. The lowest BCUT2D eigenvalue weighted by molar-refractivity contribution is -0.119. The second-order valence-electron chi connectivity index (χ2n) is 3.71. The first kappa shape index (κ1) is 15.2. The van der Waals surface area contributed by atoms with Crippen LogP contribution in [0.3, 0.4) is 0 Å². The summed E-state index contributed by atoms with van der Waals surface area (Å²) in [6.45, 7) is 5.58. The number of nitrogens with one attached hydrogen (secondary N) is 2. The van der Waals surface area contributed by atoms with Crippen molar-refractivity contribution < 1.29 is 14.3 Å². The molecule has 0 saturated carbocycles. The Labute approximate surface area is 101 Å². The van der Waals surface area contributed by atoms with Gasteiger partial charge in [-0.15, -0.1) is 11.6 Å². The SMILES string of the molecule is CC(C)COCCNC(=O)NC(=O)CCCl. The molecule has 0 aliphatic rings. The molecule has 6 heteroatoms. The Balaban J connectivity index is 3.40. The Hall–Kier alpha value is -0.810. The average Bonchev–Trinajstić information content (AvgIpc) is 2.16. The normalized spacial score (nSPS) is 10.2. The largest absolute Gasteiger partial charge is 0.379 e. The van der Waals surface area contributed by atoms with Crippen LogP contribution in [0.15, 0.2) is 0 Å². The fraction of sp³-hybridized carbons (Fsp3) is 0.800. The number of carbonyl (C=O) groups excluding carboxylic acids is 2. The molecule has 16 heavy (non-hydrogen) atoms. The van der Waals surface area contributed by atoms with E-state index in [1.54, 1.807) is 0 Å². The van der Waals surface area contributed by atoms with Gasteiger partial charge >= 0.3 is 6.03 Å². The summed E-state index contributed by atoms with van der Waals surface area (Å²) in [4.78, 5) is 22.0. The Morgan fingerprint density at radius 3 is 2.62 bits per heavy atom. The van der Waals surface area contributed by atoms with Crippen LogP contribution in [0.5, 0.6) is 0 Å². The molecule has 2 N–H and O–H groups in total. The molecule has 0 heterocycles. The van der Waals surface area contributed by atoms with Gasteiger partial charge in [-0.3, -0.25) is 10.1 Å². The Morgan fingerprint density at radius 2 is 2.06 bits per heavy atom. The number of carbonyl (C=O) groups is 2. The zero-order valence-electron chi connectivity index (χ0n) is 9.72. The van der Waals surface area contributed by atoms with Crippen molar-refractivity contribution in [1.82, 2.24) is 10.6 Å². The van der Waals surface area contributed by atoms with Gasteiger partial charge in [-0.2, -0.15) is 0 Å². The quantitative estimate of drug-likeness (QED) is 0.526. The number of hydrogen-bond acceptors (Lipinski definition) is 3. The van der Waals surface area contributed by atoms with E-state index in [9.17, 15) is 9.59 Å². The summed E-state index contributed by atoms with van der Waals surface area (Å²) in [5, 5.41) is 4.66. The van der Waals surface area contributed by atoms with Gasteiger partial charge in [0.05, 0.1) is 6.61 Å². The number of amides is 3. The summed E-state index contributed by atoms with van der Waals surface area (Å²) in [7, 11) is 0. The summed E-state index contributed by atoms with van der Waals surface area (Å²) in [6, 6.07) is -0.511. The van der Waals surface area contributed by atoms with Crippen LogP contribution in [0.4, 0.5) is 4.79 Å². The molecule has 0 spiro atoms. The van der Waals surface area contributed by atoms with Gasteiger partial charge in [0.25, 0.3) is 0 Å². The highest BCUT2D eigenvalue weighted by Gasteiger charge is 2.05. The van der Waals surface area contributed by atoms with Crippen LogP contribution in [0.25, 0.3) is 0 Å². The number of hydrogen-bond donors (Lipinski definition) is 2. The second-order valence-corrected chi connectivity index (χ2v) is 4.09. The van der Waals surface area contributed by atoms with Crippen LogP contribution in [0.1, 0.15) is 20.3 Å². The molecule has 0 aromatic carbocycles. The fourth-order valence-electron chi connectivity index (χ4n) is 0.875. The van der Waals surface area contributed by atoms with Gasteiger partial charge in [0, 0.05) is 25.5 Å². The standard InChI is InChI=1S/C10H19ClN2O3/c1-8(2)7-16-6-5-12-10(15)13-9(14)3-4-11/h8H,3-7H2,1-2H3,(H2,12,13,14,15). The number of ether oxygens (including phenoxy) is 1. The molecule has 0 aliphatic heterocycles. The third-order valence-electron chi connectivity index (χ3n) is 1.56. The smallest absolute Gasteiger partial charge is 0.321 e. The van der Waals surface area contributed by atoms with E-state index in [2.05, 4.69) is 10.6 Å². The van der Waals surface area contributed by atoms with Crippen LogP contribution in [0, 0.1) is 5.92 Å². The van der Waals surface area contributed by atoms with Gasteiger partial charge in [-0.05, 0) is 5.92 Å². The molecule has 0 aromatic heterocycles. The Bertz CT molecular complexity index is 222. The molecular weight excluding hydrogens is 232 g/mol. The van der Waals surface area contributed by atoms with Crippen molar-refractivity contribution in [2.75, 3.05) is 25.6 Å². The maximum Gasteiger partial charge on any atom is 0.321 e. The molecular formula is C10H19ClN2O3. The minimum atomic E-state index is -0.511. The van der Waals surface area contributed by atoms with Crippen molar-refractivity contribution in [2.45, 2.75) is 20.3 Å². The maximum absolute atomic E-state index is 11.1. The average molecular weight is 251 g/mol. The maximum atomic E-state index is 11.1. The van der Waals surface area contributed by atoms with Crippen molar-refractivity contribution in [1.29, 1.82) is 0 Å². The van der Waals surface area contributed by atoms with Crippen molar-refractivity contribution in [3.05, 3.63) is 0 Å². The molecule has 0 aliphatic carbocycles. The highest BCUT2D eigenvalue weighted by molar-refractivity contribution is 6.19. The number of imide groups is 1. The molecule has 0 unspecified atom stereocenters. The van der Waals surface area contributed by atoms with Gasteiger partial charge in [0.15, 0.2) is 0 Å². The molecule has 0 aromatic rings. The number of urea groups is 1. The first-order chi connectivity index (χ1) is 7.56. The Morgan fingerprint density at radius 1 is 1.38 bits per heavy atom. The van der Waals surface area contributed by atoms with Crippen molar-refractivity contribution in [2.24, 2.45) is 5.92 Å². The summed E-state index contributed by atoms with van der Waals surface area (Å²) < 4.78 is 5.25. The predicted octanol–water partition coefficient (Wildman–Crippen LogP) is 1.11. The van der Waals surface area contributed by atoms with Crippen molar-refractivity contribution in [3.63, 3.8) is 0 Å². The summed E-state index contributed by atoms with van der Waals surface area (Å²) in [5.41, 5.74) is 0. The lowest BCUT2D eigenvalue weighted by Crippen LogP contribution is -2.40. The van der Waals surface area contributed by atoms with E-state index in [-0.39, 0.29) is 18.2 Å². The van der Waals surface area contributed by atoms with Gasteiger partial charge in [0.1, 0.15) is 0 Å². The van der Waals surface area contributed by atoms with E-state index >= 15 is 0 Å².